The topological polar surface area (TPSA) is 63.7 Å². The number of ether oxygens (including phenoxy) is 1. The van der Waals surface area contributed by atoms with Gasteiger partial charge >= 0.3 is 0 Å². The molecule has 6 heteroatoms. The maximum absolute atomic E-state index is 5.37. The van der Waals surface area contributed by atoms with Crippen molar-refractivity contribution >= 4 is 16.9 Å². The molecule has 2 heterocycles. The van der Waals surface area contributed by atoms with Gasteiger partial charge in [-0.25, -0.2) is 0 Å². The monoisotopic (exact) mass is 368 g/mol. The summed E-state index contributed by atoms with van der Waals surface area (Å²) in [5.74, 6) is 1.79. The molecule has 27 heavy (non-hydrogen) atoms. The molecule has 3 rings (SSSR count). The lowest BCUT2D eigenvalue weighted by Gasteiger charge is -2.12. The van der Waals surface area contributed by atoms with E-state index in [9.17, 15) is 0 Å². The molecule has 0 radical (unpaired) electrons. The van der Waals surface area contributed by atoms with Crippen molar-refractivity contribution in [1.29, 1.82) is 0 Å². The normalized spacial score (nSPS) is 11.8. The van der Waals surface area contributed by atoms with Crippen molar-refractivity contribution in [2.24, 2.45) is 4.99 Å². The number of hydrogen-bond donors (Lipinski definition) is 2. The minimum atomic E-state index is 0.647. The van der Waals surface area contributed by atoms with E-state index < -0.39 is 0 Å². The fourth-order valence-electron chi connectivity index (χ4n) is 2.97. The summed E-state index contributed by atoms with van der Waals surface area (Å²) in [6.45, 7) is 3.86. The van der Waals surface area contributed by atoms with Gasteiger partial charge in [0.25, 0.3) is 0 Å². The first-order chi connectivity index (χ1) is 13.4. The van der Waals surface area contributed by atoms with Gasteiger partial charge < -0.3 is 24.4 Å². The van der Waals surface area contributed by atoms with Gasteiger partial charge in [0.15, 0.2) is 5.96 Å². The number of benzene rings is 1. The predicted octanol–water partition coefficient (Wildman–Crippen LogP) is 3.05. The summed E-state index contributed by atoms with van der Waals surface area (Å²) in [4.78, 5) is 4.69. The summed E-state index contributed by atoms with van der Waals surface area (Å²) in [7, 11) is 1.70. The lowest BCUT2D eigenvalue weighted by Crippen LogP contribution is -2.40. The van der Waals surface area contributed by atoms with Gasteiger partial charge in [-0.1, -0.05) is 18.2 Å². The third-order valence-corrected chi connectivity index (χ3v) is 4.35. The molecule has 0 spiro atoms. The molecular weight excluding hydrogens is 340 g/mol. The van der Waals surface area contributed by atoms with Crippen LogP contribution >= 0.6 is 0 Å². The number of methoxy groups -OCH3 is 1. The van der Waals surface area contributed by atoms with E-state index in [2.05, 4.69) is 56.7 Å². The number of guanidine groups is 1. The van der Waals surface area contributed by atoms with Crippen LogP contribution in [0.15, 0.2) is 64.3 Å². The van der Waals surface area contributed by atoms with Crippen molar-refractivity contribution in [3.8, 4) is 0 Å². The van der Waals surface area contributed by atoms with Crippen molar-refractivity contribution < 1.29 is 9.15 Å². The maximum Gasteiger partial charge on any atom is 0.191 e. The Bertz CT molecular complexity index is 824. The van der Waals surface area contributed by atoms with Gasteiger partial charge in [-0.3, -0.25) is 4.99 Å². The molecule has 6 nitrogen and oxygen atoms in total. The van der Waals surface area contributed by atoms with E-state index >= 15 is 0 Å². The fraction of sp³-hybridized carbons (Fsp3) is 0.381. The van der Waals surface area contributed by atoms with Crippen molar-refractivity contribution in [1.82, 2.24) is 15.2 Å². The van der Waals surface area contributed by atoms with Crippen LogP contribution < -0.4 is 10.6 Å². The molecule has 0 unspecified atom stereocenters. The quantitative estimate of drug-likeness (QED) is 0.328. The maximum atomic E-state index is 5.37. The van der Waals surface area contributed by atoms with E-state index in [0.29, 0.717) is 6.61 Å². The van der Waals surface area contributed by atoms with E-state index in [1.54, 1.807) is 13.4 Å². The summed E-state index contributed by atoms with van der Waals surface area (Å²) in [6.07, 6.45) is 5.65. The zero-order chi connectivity index (χ0) is 18.7. The first kappa shape index (κ1) is 19.0. The number of rotatable bonds is 10. The van der Waals surface area contributed by atoms with Gasteiger partial charge in [0.1, 0.15) is 5.76 Å². The van der Waals surface area contributed by atoms with Gasteiger partial charge in [0, 0.05) is 51.4 Å². The van der Waals surface area contributed by atoms with Crippen molar-refractivity contribution in [3.63, 3.8) is 0 Å². The van der Waals surface area contributed by atoms with Crippen LogP contribution in [0, 0.1) is 0 Å². The summed E-state index contributed by atoms with van der Waals surface area (Å²) in [6, 6.07) is 14.5. The molecule has 0 aliphatic carbocycles. The second-order valence-electron chi connectivity index (χ2n) is 6.33. The van der Waals surface area contributed by atoms with E-state index in [1.165, 1.54) is 10.9 Å². The number of aliphatic imine (C=N–C) groups is 1. The van der Waals surface area contributed by atoms with E-state index in [1.807, 2.05) is 12.1 Å². The highest BCUT2D eigenvalue weighted by Gasteiger charge is 2.02. The Labute approximate surface area is 160 Å². The lowest BCUT2D eigenvalue weighted by molar-refractivity contribution is 0.203. The summed E-state index contributed by atoms with van der Waals surface area (Å²) >= 11 is 0. The van der Waals surface area contributed by atoms with Crippen LogP contribution in [0.1, 0.15) is 12.2 Å². The molecule has 0 aliphatic rings. The fourth-order valence-corrected chi connectivity index (χ4v) is 2.97. The molecule has 0 fully saturated rings. The van der Waals surface area contributed by atoms with Crippen LogP contribution in [0.2, 0.25) is 0 Å². The predicted molar refractivity (Wildman–Crippen MR) is 109 cm³/mol. The highest BCUT2D eigenvalue weighted by atomic mass is 16.5. The number of aryl methyl sites for hydroxylation is 1. The van der Waals surface area contributed by atoms with Crippen LogP contribution in [-0.4, -0.2) is 43.9 Å². The van der Waals surface area contributed by atoms with Crippen molar-refractivity contribution in [2.45, 2.75) is 19.4 Å². The van der Waals surface area contributed by atoms with Crippen molar-refractivity contribution in [2.75, 3.05) is 33.4 Å². The molecule has 144 valence electrons. The minimum absolute atomic E-state index is 0.647. The van der Waals surface area contributed by atoms with Gasteiger partial charge in [-0.15, -0.1) is 0 Å². The zero-order valence-electron chi connectivity index (χ0n) is 15.9. The van der Waals surface area contributed by atoms with Crippen LogP contribution in [-0.2, 0) is 17.7 Å². The molecule has 0 saturated carbocycles. The number of aromatic nitrogens is 1. The summed E-state index contributed by atoms with van der Waals surface area (Å²) < 4.78 is 12.8. The molecule has 3 aromatic rings. The number of nitrogens with zero attached hydrogens (tertiary/aromatic N) is 2. The van der Waals surface area contributed by atoms with Crippen LogP contribution in [0.4, 0.5) is 0 Å². The SMILES string of the molecule is COCCNC(=NCCCn1ccc2ccccc21)NCCc1ccco1. The molecule has 2 N–H and O–H groups in total. The Morgan fingerprint density at radius 1 is 1.11 bits per heavy atom. The number of para-hydroxylation sites is 1. The first-order valence-electron chi connectivity index (χ1n) is 9.44. The van der Waals surface area contributed by atoms with Gasteiger partial charge in [-0.2, -0.15) is 0 Å². The molecule has 1 aromatic carbocycles. The zero-order valence-corrected chi connectivity index (χ0v) is 15.9. The van der Waals surface area contributed by atoms with Gasteiger partial charge in [-0.05, 0) is 36.1 Å². The van der Waals surface area contributed by atoms with Crippen LogP contribution in [0.5, 0.6) is 0 Å². The smallest absolute Gasteiger partial charge is 0.191 e. The van der Waals surface area contributed by atoms with Crippen LogP contribution in [0.25, 0.3) is 10.9 Å². The second kappa shape index (κ2) is 10.4. The lowest BCUT2D eigenvalue weighted by atomic mass is 10.2. The van der Waals surface area contributed by atoms with Crippen LogP contribution in [0.3, 0.4) is 0 Å². The van der Waals surface area contributed by atoms with E-state index in [0.717, 1.165) is 50.7 Å². The first-order valence-corrected chi connectivity index (χ1v) is 9.44. The Morgan fingerprint density at radius 3 is 2.85 bits per heavy atom. The number of fused-ring (bicyclic) bond motifs is 1. The average Bonchev–Trinajstić information content (AvgIpc) is 3.35. The third-order valence-electron chi connectivity index (χ3n) is 4.35. The minimum Gasteiger partial charge on any atom is -0.469 e. The Hall–Kier alpha value is -2.73. The van der Waals surface area contributed by atoms with Gasteiger partial charge in [0.2, 0.25) is 0 Å². The number of hydrogen-bond acceptors (Lipinski definition) is 3. The number of nitrogens with one attached hydrogen (secondary N) is 2. The molecular formula is C21H28N4O2. The standard InChI is InChI=1S/C21H28N4O2/c1-26-17-13-24-21(23-12-9-19-7-4-16-27-19)22-11-5-14-25-15-10-18-6-2-3-8-20(18)25/h2-4,6-8,10,15-16H,5,9,11-14,17H2,1H3,(H2,22,23,24). The largest absolute Gasteiger partial charge is 0.469 e. The molecule has 2 aromatic heterocycles. The number of furan rings is 1. The Morgan fingerprint density at radius 2 is 2.00 bits per heavy atom. The molecule has 0 atom stereocenters. The highest BCUT2D eigenvalue weighted by molar-refractivity contribution is 5.80. The van der Waals surface area contributed by atoms with E-state index in [4.69, 9.17) is 9.15 Å². The van der Waals surface area contributed by atoms with Crippen molar-refractivity contribution in [3.05, 3.63) is 60.7 Å². The highest BCUT2D eigenvalue weighted by Crippen LogP contribution is 2.15. The Balaban J connectivity index is 1.47. The Kier molecular flexibility index (Phi) is 7.35. The third kappa shape index (κ3) is 5.89. The molecule has 0 saturated heterocycles. The van der Waals surface area contributed by atoms with Gasteiger partial charge in [0.05, 0.1) is 12.9 Å². The molecule has 0 bridgehead atoms. The molecule has 0 aliphatic heterocycles. The van der Waals surface area contributed by atoms with E-state index in [-0.39, 0.29) is 0 Å². The summed E-state index contributed by atoms with van der Waals surface area (Å²) in [5.41, 5.74) is 1.27. The average molecular weight is 368 g/mol. The summed E-state index contributed by atoms with van der Waals surface area (Å²) in [5, 5.41) is 7.94. The molecule has 0 amide bonds. The second-order valence-corrected chi connectivity index (χ2v) is 6.33.